The van der Waals surface area contributed by atoms with Crippen LogP contribution in [-0.2, 0) is 16.1 Å². The van der Waals surface area contributed by atoms with E-state index in [1.165, 1.54) is 6.92 Å². The summed E-state index contributed by atoms with van der Waals surface area (Å²) in [6, 6.07) is 12.8. The fourth-order valence-electron chi connectivity index (χ4n) is 4.45. The average molecular weight is 527 g/mol. The molecule has 8 nitrogen and oxygen atoms in total. The summed E-state index contributed by atoms with van der Waals surface area (Å²) in [5.41, 5.74) is 3.03. The van der Waals surface area contributed by atoms with Gasteiger partial charge in [0.05, 0.1) is 5.69 Å². The summed E-state index contributed by atoms with van der Waals surface area (Å²) >= 11 is 3.36. The van der Waals surface area contributed by atoms with E-state index in [2.05, 4.69) is 26.6 Å². The predicted octanol–water partition coefficient (Wildman–Crippen LogP) is 4.41. The van der Waals surface area contributed by atoms with Gasteiger partial charge in [-0.3, -0.25) is 14.4 Å². The first-order chi connectivity index (χ1) is 16.3. The molecular formula is C25H27BrN4O4. The molecule has 0 saturated carbocycles. The van der Waals surface area contributed by atoms with Gasteiger partial charge in [0.1, 0.15) is 0 Å². The molecule has 0 aromatic heterocycles. The van der Waals surface area contributed by atoms with Gasteiger partial charge in [-0.15, -0.1) is 0 Å². The molecule has 0 bridgehead atoms. The van der Waals surface area contributed by atoms with E-state index in [1.807, 2.05) is 29.2 Å². The minimum atomic E-state index is -0.195. The van der Waals surface area contributed by atoms with Gasteiger partial charge in [0.15, 0.2) is 5.78 Å². The fourth-order valence-corrected chi connectivity index (χ4v) is 4.92. The second-order valence-corrected chi connectivity index (χ2v) is 9.48. The molecule has 2 N–H and O–H groups in total. The van der Waals surface area contributed by atoms with Crippen molar-refractivity contribution in [2.24, 2.45) is 0 Å². The summed E-state index contributed by atoms with van der Waals surface area (Å²) in [5, 5.41) is 5.63. The number of benzene rings is 2. The van der Waals surface area contributed by atoms with Crippen molar-refractivity contribution in [3.63, 3.8) is 0 Å². The molecule has 2 heterocycles. The van der Waals surface area contributed by atoms with E-state index in [0.29, 0.717) is 48.2 Å². The molecule has 4 amide bonds. The van der Waals surface area contributed by atoms with Gasteiger partial charge in [-0.05, 0) is 58.6 Å². The first-order valence-corrected chi connectivity index (χ1v) is 12.1. The Kier molecular flexibility index (Phi) is 7.31. The van der Waals surface area contributed by atoms with Crippen LogP contribution in [0.1, 0.15) is 48.5 Å². The van der Waals surface area contributed by atoms with E-state index in [0.717, 1.165) is 11.3 Å². The van der Waals surface area contributed by atoms with Gasteiger partial charge < -0.3 is 20.4 Å². The number of nitrogens with zero attached hydrogens (tertiary/aromatic N) is 2. The van der Waals surface area contributed by atoms with Crippen LogP contribution < -0.4 is 10.6 Å². The second-order valence-electron chi connectivity index (χ2n) is 8.63. The minimum absolute atomic E-state index is 0.0471. The van der Waals surface area contributed by atoms with Crippen LogP contribution in [0.25, 0.3) is 0 Å². The number of anilines is 2. The molecule has 1 fully saturated rings. The van der Waals surface area contributed by atoms with Crippen molar-refractivity contribution >= 4 is 50.9 Å². The Hall–Kier alpha value is -3.20. The van der Waals surface area contributed by atoms with Crippen LogP contribution in [0.5, 0.6) is 0 Å². The van der Waals surface area contributed by atoms with Crippen molar-refractivity contribution in [3.05, 3.63) is 58.1 Å². The van der Waals surface area contributed by atoms with Gasteiger partial charge in [-0.1, -0.05) is 18.2 Å². The highest BCUT2D eigenvalue weighted by atomic mass is 79.9. The number of ketones is 1. The third kappa shape index (κ3) is 5.47. The number of carbonyl (C=O) groups excluding carboxylic acids is 4. The van der Waals surface area contributed by atoms with E-state index >= 15 is 0 Å². The topological polar surface area (TPSA) is 98.8 Å². The SMILES string of the molecule is CC(=O)Nc1ccc(C(=O)CCC(=O)N2CCC(N3Cc4ccccc4NC3=O)CC2)cc1Br. The van der Waals surface area contributed by atoms with Gasteiger partial charge >= 0.3 is 6.03 Å². The van der Waals surface area contributed by atoms with Gasteiger partial charge in [0.25, 0.3) is 0 Å². The minimum Gasteiger partial charge on any atom is -0.343 e. The van der Waals surface area contributed by atoms with Crippen molar-refractivity contribution in [3.8, 4) is 0 Å². The number of Topliss-reactive ketones (excluding diaryl/α,β-unsaturated/α-hetero) is 1. The Labute approximate surface area is 206 Å². The Bertz CT molecular complexity index is 1130. The van der Waals surface area contributed by atoms with E-state index in [9.17, 15) is 19.2 Å². The third-order valence-corrected chi connectivity index (χ3v) is 6.94. The molecule has 0 unspecified atom stereocenters. The summed E-state index contributed by atoms with van der Waals surface area (Å²) in [6.07, 6.45) is 1.70. The molecule has 178 valence electrons. The van der Waals surface area contributed by atoms with E-state index in [1.54, 1.807) is 23.1 Å². The molecule has 0 radical (unpaired) electrons. The summed E-state index contributed by atoms with van der Waals surface area (Å²) in [5.74, 6) is -0.365. The number of amides is 4. The molecule has 2 aromatic carbocycles. The zero-order valence-corrected chi connectivity index (χ0v) is 20.6. The van der Waals surface area contributed by atoms with Crippen LogP contribution in [0, 0.1) is 0 Å². The highest BCUT2D eigenvalue weighted by Gasteiger charge is 2.32. The van der Waals surface area contributed by atoms with E-state index in [4.69, 9.17) is 0 Å². The van der Waals surface area contributed by atoms with Crippen LogP contribution in [0.2, 0.25) is 0 Å². The summed E-state index contributed by atoms with van der Waals surface area (Å²) in [7, 11) is 0. The number of likely N-dealkylation sites (tertiary alicyclic amines) is 1. The quantitative estimate of drug-likeness (QED) is 0.544. The first-order valence-electron chi connectivity index (χ1n) is 11.4. The zero-order chi connectivity index (χ0) is 24.2. The molecule has 0 spiro atoms. The molecule has 34 heavy (non-hydrogen) atoms. The molecule has 2 aliphatic heterocycles. The molecule has 9 heteroatoms. The molecule has 0 atom stereocenters. The number of hydrogen-bond donors (Lipinski definition) is 2. The molecule has 1 saturated heterocycles. The molecule has 2 aliphatic rings. The second kappa shape index (κ2) is 10.4. The van der Waals surface area contributed by atoms with Crippen LogP contribution in [0.3, 0.4) is 0 Å². The third-order valence-electron chi connectivity index (χ3n) is 6.29. The number of halogens is 1. The lowest BCUT2D eigenvalue weighted by Crippen LogP contribution is -2.51. The Balaban J connectivity index is 1.26. The predicted molar refractivity (Wildman–Crippen MR) is 133 cm³/mol. The van der Waals surface area contributed by atoms with Gasteiger partial charge in [-0.2, -0.15) is 0 Å². The average Bonchev–Trinajstić information content (AvgIpc) is 2.83. The fraction of sp³-hybridized carbons (Fsp3) is 0.360. The van der Waals surface area contributed by atoms with Gasteiger partial charge in [-0.25, -0.2) is 4.79 Å². The number of fused-ring (bicyclic) bond motifs is 1. The van der Waals surface area contributed by atoms with Gasteiger partial charge in [0, 0.05) is 61.2 Å². The van der Waals surface area contributed by atoms with E-state index in [-0.39, 0.29) is 42.5 Å². The number of urea groups is 1. The maximum Gasteiger partial charge on any atom is 0.322 e. The number of nitrogens with one attached hydrogen (secondary N) is 2. The number of piperidine rings is 1. The highest BCUT2D eigenvalue weighted by molar-refractivity contribution is 9.10. The molecule has 4 rings (SSSR count). The Morgan fingerprint density at radius 2 is 1.82 bits per heavy atom. The van der Waals surface area contributed by atoms with Crippen molar-refractivity contribution < 1.29 is 19.2 Å². The lowest BCUT2D eigenvalue weighted by Gasteiger charge is -2.40. The van der Waals surface area contributed by atoms with Crippen LogP contribution in [-0.4, -0.2) is 52.6 Å². The van der Waals surface area contributed by atoms with Crippen molar-refractivity contribution in [1.82, 2.24) is 9.80 Å². The summed E-state index contributed by atoms with van der Waals surface area (Å²) < 4.78 is 0.617. The van der Waals surface area contributed by atoms with Crippen molar-refractivity contribution in [1.29, 1.82) is 0 Å². The molecule has 0 aliphatic carbocycles. The molecule has 2 aromatic rings. The lowest BCUT2D eigenvalue weighted by atomic mass is 10.00. The number of rotatable bonds is 6. The lowest BCUT2D eigenvalue weighted by molar-refractivity contribution is -0.132. The highest BCUT2D eigenvalue weighted by Crippen LogP contribution is 2.28. The standard InChI is InChI=1S/C25H27BrN4O4/c1-16(31)27-22-7-6-17(14-20(22)26)23(32)8-9-24(33)29-12-10-19(11-13-29)30-15-18-4-2-3-5-21(18)28-25(30)34/h2-7,14,19H,8-13,15H2,1H3,(H,27,31)(H,28,34). The zero-order valence-electron chi connectivity index (χ0n) is 19.0. The normalized spacial score (nSPS) is 16.0. The number of carbonyl (C=O) groups is 4. The van der Waals surface area contributed by atoms with Gasteiger partial charge in [0.2, 0.25) is 11.8 Å². The van der Waals surface area contributed by atoms with Crippen molar-refractivity contribution in [2.45, 2.75) is 45.2 Å². The Morgan fingerprint density at radius 1 is 1.09 bits per heavy atom. The number of para-hydroxylation sites is 1. The monoisotopic (exact) mass is 526 g/mol. The van der Waals surface area contributed by atoms with Crippen LogP contribution >= 0.6 is 15.9 Å². The number of hydrogen-bond acceptors (Lipinski definition) is 4. The van der Waals surface area contributed by atoms with Crippen LogP contribution in [0.4, 0.5) is 16.2 Å². The smallest absolute Gasteiger partial charge is 0.322 e. The maximum absolute atomic E-state index is 12.7. The maximum atomic E-state index is 12.7. The first kappa shape index (κ1) is 23.9. The van der Waals surface area contributed by atoms with Crippen LogP contribution in [0.15, 0.2) is 46.9 Å². The molecular weight excluding hydrogens is 500 g/mol. The summed E-state index contributed by atoms with van der Waals surface area (Å²) in [4.78, 5) is 52.7. The summed E-state index contributed by atoms with van der Waals surface area (Å²) in [6.45, 7) is 3.13. The Morgan fingerprint density at radius 3 is 2.53 bits per heavy atom. The van der Waals surface area contributed by atoms with Crippen molar-refractivity contribution in [2.75, 3.05) is 23.7 Å². The largest absolute Gasteiger partial charge is 0.343 e. The van der Waals surface area contributed by atoms with E-state index < -0.39 is 0 Å².